The number of pyridine rings is 1. The van der Waals surface area contributed by atoms with Gasteiger partial charge >= 0.3 is 6.18 Å². The van der Waals surface area contributed by atoms with E-state index in [1.165, 1.54) is 25.4 Å². The zero-order valence-corrected chi connectivity index (χ0v) is 15.4. The second-order valence-corrected chi connectivity index (χ2v) is 5.98. The van der Waals surface area contributed by atoms with Gasteiger partial charge in [-0.1, -0.05) is 25.1 Å². The lowest BCUT2D eigenvalue weighted by Gasteiger charge is -2.19. The monoisotopic (exact) mass is 395 g/mol. The lowest BCUT2D eigenvalue weighted by atomic mass is 10.1. The highest BCUT2D eigenvalue weighted by Gasteiger charge is 2.30. The third kappa shape index (κ3) is 5.97. The Morgan fingerprint density at radius 1 is 1.18 bits per heavy atom. The number of carbonyl (C=O) groups is 2. The van der Waals surface area contributed by atoms with E-state index in [0.29, 0.717) is 5.69 Å². The molecule has 1 aromatic heterocycles. The fourth-order valence-electron chi connectivity index (χ4n) is 2.45. The highest BCUT2D eigenvalue weighted by molar-refractivity contribution is 6.00. The van der Waals surface area contributed by atoms with Gasteiger partial charge < -0.3 is 15.0 Å². The summed E-state index contributed by atoms with van der Waals surface area (Å²) in [5, 5.41) is 2.73. The van der Waals surface area contributed by atoms with Crippen molar-refractivity contribution >= 4 is 17.5 Å². The molecule has 6 nitrogen and oxygen atoms in total. The smallest absolute Gasteiger partial charge is 0.422 e. The minimum Gasteiger partial charge on any atom is -0.467 e. The first-order valence-electron chi connectivity index (χ1n) is 8.49. The summed E-state index contributed by atoms with van der Waals surface area (Å²) in [5.74, 6) is -1.55. The molecule has 0 bridgehead atoms. The Morgan fingerprint density at radius 3 is 2.57 bits per heavy atom. The van der Waals surface area contributed by atoms with Crippen LogP contribution in [-0.2, 0) is 11.2 Å². The van der Waals surface area contributed by atoms with Crippen LogP contribution in [-0.4, -0.2) is 48.1 Å². The van der Waals surface area contributed by atoms with Crippen LogP contribution in [0.5, 0.6) is 5.88 Å². The standard InChI is InChI=1S/C19H20F3N3O3/c1-3-13-7-4-5-9-15(13)24-16(26)11-25(2)18(27)14-8-6-10-23-17(14)28-12-19(20,21)22/h4-10H,3,11-12H2,1-2H3,(H,24,26). The van der Waals surface area contributed by atoms with Crippen LogP contribution >= 0.6 is 0 Å². The van der Waals surface area contributed by atoms with Crippen LogP contribution in [0.4, 0.5) is 18.9 Å². The normalized spacial score (nSPS) is 11.0. The molecular weight excluding hydrogens is 375 g/mol. The van der Waals surface area contributed by atoms with Crippen LogP contribution in [0.1, 0.15) is 22.8 Å². The van der Waals surface area contributed by atoms with E-state index in [4.69, 9.17) is 0 Å². The summed E-state index contributed by atoms with van der Waals surface area (Å²) in [6.07, 6.45) is -2.62. The van der Waals surface area contributed by atoms with Crippen molar-refractivity contribution in [1.29, 1.82) is 0 Å². The van der Waals surface area contributed by atoms with E-state index < -0.39 is 30.5 Å². The third-order valence-corrected chi connectivity index (χ3v) is 3.77. The first-order valence-corrected chi connectivity index (χ1v) is 8.49. The molecule has 1 heterocycles. The predicted molar refractivity (Wildman–Crippen MR) is 97.2 cm³/mol. The average Bonchev–Trinajstić information content (AvgIpc) is 2.65. The summed E-state index contributed by atoms with van der Waals surface area (Å²) in [7, 11) is 1.37. The number of ether oxygens (including phenoxy) is 1. The van der Waals surface area contributed by atoms with E-state index in [2.05, 4.69) is 15.0 Å². The number of aromatic nitrogens is 1. The molecule has 0 radical (unpaired) electrons. The number of para-hydroxylation sites is 1. The Balaban J connectivity index is 2.05. The Kier molecular flexibility index (Phi) is 6.97. The number of nitrogens with one attached hydrogen (secondary N) is 1. The third-order valence-electron chi connectivity index (χ3n) is 3.77. The molecule has 0 saturated heterocycles. The van der Waals surface area contributed by atoms with E-state index in [1.54, 1.807) is 12.1 Å². The zero-order valence-electron chi connectivity index (χ0n) is 15.4. The first kappa shape index (κ1) is 21.2. The number of amides is 2. The zero-order chi connectivity index (χ0) is 20.7. The van der Waals surface area contributed by atoms with Crippen molar-refractivity contribution in [1.82, 2.24) is 9.88 Å². The lowest BCUT2D eigenvalue weighted by Crippen LogP contribution is -2.35. The van der Waals surface area contributed by atoms with Gasteiger partial charge in [-0.2, -0.15) is 13.2 Å². The van der Waals surface area contributed by atoms with E-state index in [9.17, 15) is 22.8 Å². The van der Waals surface area contributed by atoms with Gasteiger partial charge in [0, 0.05) is 18.9 Å². The SMILES string of the molecule is CCc1ccccc1NC(=O)CN(C)C(=O)c1cccnc1OCC(F)(F)F. The van der Waals surface area contributed by atoms with Crippen LogP contribution in [0.15, 0.2) is 42.6 Å². The van der Waals surface area contributed by atoms with Gasteiger partial charge in [-0.25, -0.2) is 4.98 Å². The van der Waals surface area contributed by atoms with Crippen molar-refractivity contribution in [2.24, 2.45) is 0 Å². The number of rotatable bonds is 7. The number of aryl methyl sites for hydroxylation is 1. The maximum absolute atomic E-state index is 12.5. The molecule has 0 spiro atoms. The van der Waals surface area contributed by atoms with E-state index in [1.807, 2.05) is 19.1 Å². The van der Waals surface area contributed by atoms with Crippen LogP contribution in [0.3, 0.4) is 0 Å². The summed E-state index contributed by atoms with van der Waals surface area (Å²) in [6, 6.07) is 9.96. The minimum absolute atomic E-state index is 0.156. The number of halogens is 3. The van der Waals surface area contributed by atoms with Crippen LogP contribution in [0.2, 0.25) is 0 Å². The van der Waals surface area contributed by atoms with Crippen LogP contribution in [0.25, 0.3) is 0 Å². The molecule has 0 fully saturated rings. The molecule has 9 heteroatoms. The number of anilines is 1. The lowest BCUT2D eigenvalue weighted by molar-refractivity contribution is -0.154. The number of benzene rings is 1. The molecule has 2 aromatic rings. The fourth-order valence-corrected chi connectivity index (χ4v) is 2.45. The molecule has 2 rings (SSSR count). The minimum atomic E-state index is -4.56. The molecule has 0 aliphatic heterocycles. The molecule has 0 atom stereocenters. The van der Waals surface area contributed by atoms with Gasteiger partial charge in [0.1, 0.15) is 5.56 Å². The van der Waals surface area contributed by atoms with Gasteiger partial charge in [0.2, 0.25) is 11.8 Å². The maximum atomic E-state index is 12.5. The predicted octanol–water partition coefficient (Wildman–Crippen LogP) is 3.30. The van der Waals surface area contributed by atoms with Crippen molar-refractivity contribution in [3.63, 3.8) is 0 Å². The maximum Gasteiger partial charge on any atom is 0.422 e. The molecule has 1 N–H and O–H groups in total. The quantitative estimate of drug-likeness (QED) is 0.781. The Morgan fingerprint density at radius 2 is 1.89 bits per heavy atom. The molecule has 0 saturated carbocycles. The van der Waals surface area contributed by atoms with Crippen molar-refractivity contribution in [2.75, 3.05) is 25.5 Å². The second kappa shape index (κ2) is 9.20. The Labute approximate surface area is 160 Å². The van der Waals surface area contributed by atoms with Crippen molar-refractivity contribution in [2.45, 2.75) is 19.5 Å². The van der Waals surface area contributed by atoms with Gasteiger partial charge in [-0.3, -0.25) is 9.59 Å². The van der Waals surface area contributed by atoms with Crippen molar-refractivity contribution in [3.8, 4) is 5.88 Å². The number of carbonyl (C=O) groups excluding carboxylic acids is 2. The number of hydrogen-bond acceptors (Lipinski definition) is 4. The Hall–Kier alpha value is -3.10. The van der Waals surface area contributed by atoms with E-state index in [0.717, 1.165) is 16.9 Å². The molecule has 2 amide bonds. The molecule has 28 heavy (non-hydrogen) atoms. The topological polar surface area (TPSA) is 71.5 Å². The summed E-state index contributed by atoms with van der Waals surface area (Å²) in [4.78, 5) is 29.6. The second-order valence-electron chi connectivity index (χ2n) is 5.98. The number of likely N-dealkylation sites (N-methyl/N-ethyl adjacent to an activating group) is 1. The number of alkyl halides is 3. The molecule has 1 aromatic carbocycles. The average molecular weight is 395 g/mol. The van der Waals surface area contributed by atoms with Gasteiger partial charge in [-0.05, 0) is 30.2 Å². The highest BCUT2D eigenvalue weighted by Crippen LogP contribution is 2.21. The van der Waals surface area contributed by atoms with Crippen LogP contribution < -0.4 is 10.1 Å². The number of hydrogen-bond donors (Lipinski definition) is 1. The van der Waals surface area contributed by atoms with E-state index >= 15 is 0 Å². The van der Waals surface area contributed by atoms with Crippen LogP contribution in [0, 0.1) is 0 Å². The highest BCUT2D eigenvalue weighted by atomic mass is 19.4. The summed E-state index contributed by atoms with van der Waals surface area (Å²) < 4.78 is 41.7. The van der Waals surface area contributed by atoms with Crippen molar-refractivity contribution < 1.29 is 27.5 Å². The molecule has 0 aliphatic rings. The van der Waals surface area contributed by atoms with E-state index in [-0.39, 0.29) is 12.1 Å². The van der Waals surface area contributed by atoms with Gasteiger partial charge in [0.25, 0.3) is 5.91 Å². The fraction of sp³-hybridized carbons (Fsp3) is 0.316. The molecule has 0 unspecified atom stereocenters. The number of nitrogens with zero attached hydrogens (tertiary/aromatic N) is 2. The molecule has 150 valence electrons. The Bertz CT molecular complexity index is 840. The van der Waals surface area contributed by atoms with Gasteiger partial charge in [0.15, 0.2) is 6.61 Å². The largest absolute Gasteiger partial charge is 0.467 e. The van der Waals surface area contributed by atoms with Gasteiger partial charge in [0.05, 0.1) is 6.54 Å². The molecular formula is C19H20F3N3O3. The van der Waals surface area contributed by atoms with Gasteiger partial charge in [-0.15, -0.1) is 0 Å². The first-order chi connectivity index (χ1) is 13.2. The summed E-state index contributed by atoms with van der Waals surface area (Å²) in [6.45, 7) is 0.0955. The molecule has 0 aliphatic carbocycles. The van der Waals surface area contributed by atoms with Crippen molar-refractivity contribution in [3.05, 3.63) is 53.7 Å². The summed E-state index contributed by atoms with van der Waals surface area (Å²) in [5.41, 5.74) is 1.43. The summed E-state index contributed by atoms with van der Waals surface area (Å²) >= 11 is 0.